The molecule has 0 aromatic heterocycles. The summed E-state index contributed by atoms with van der Waals surface area (Å²) >= 11 is 0. The molecule has 18 heavy (non-hydrogen) atoms. The van der Waals surface area contributed by atoms with E-state index in [1.54, 1.807) is 0 Å². The molecule has 0 aliphatic heterocycles. The van der Waals surface area contributed by atoms with Crippen LogP contribution in [0.2, 0.25) is 0 Å². The second kappa shape index (κ2) is 7.74. The van der Waals surface area contributed by atoms with E-state index in [2.05, 4.69) is 12.2 Å². The predicted molar refractivity (Wildman–Crippen MR) is 73.1 cm³/mol. The average molecular weight is 256 g/mol. The lowest BCUT2D eigenvalue weighted by atomic mass is 9.78. The van der Waals surface area contributed by atoms with Crippen LogP contribution in [0.15, 0.2) is 0 Å². The Bertz CT molecular complexity index is 248. The number of hydrogen-bond donors (Lipinski definition) is 3. The number of nitrogens with one attached hydrogen (secondary N) is 1. The van der Waals surface area contributed by atoms with Crippen molar-refractivity contribution in [2.75, 3.05) is 13.1 Å². The molecule has 1 aliphatic carbocycles. The largest absolute Gasteiger partial charge is 0.388 e. The van der Waals surface area contributed by atoms with Gasteiger partial charge in [-0.25, -0.2) is 0 Å². The molecule has 0 aromatic carbocycles. The van der Waals surface area contributed by atoms with Crippen molar-refractivity contribution in [3.8, 4) is 0 Å². The molecule has 1 aliphatic rings. The van der Waals surface area contributed by atoms with E-state index in [0.29, 0.717) is 19.5 Å². The third kappa shape index (κ3) is 5.36. The summed E-state index contributed by atoms with van der Waals surface area (Å²) in [6.45, 7) is 3.24. The molecule has 1 amide bonds. The van der Waals surface area contributed by atoms with Gasteiger partial charge in [0.1, 0.15) is 0 Å². The Kier molecular flexibility index (Phi) is 6.65. The number of carbonyl (C=O) groups excluding carboxylic acids is 1. The van der Waals surface area contributed by atoms with E-state index in [1.165, 1.54) is 6.42 Å². The average Bonchev–Trinajstić information content (AvgIpc) is 2.38. The highest BCUT2D eigenvalue weighted by Crippen LogP contribution is 2.33. The molecule has 0 radical (unpaired) electrons. The number of carbonyl (C=O) groups is 1. The molecule has 4 nitrogen and oxygen atoms in total. The van der Waals surface area contributed by atoms with Crippen LogP contribution in [-0.2, 0) is 4.79 Å². The molecule has 106 valence electrons. The van der Waals surface area contributed by atoms with Crippen molar-refractivity contribution in [2.45, 2.75) is 63.9 Å². The highest BCUT2D eigenvalue weighted by atomic mass is 16.3. The molecular formula is C14H28N2O2. The van der Waals surface area contributed by atoms with Crippen LogP contribution >= 0.6 is 0 Å². The first-order valence-electron chi connectivity index (χ1n) is 7.29. The van der Waals surface area contributed by atoms with Gasteiger partial charge in [-0.2, -0.15) is 0 Å². The highest BCUT2D eigenvalue weighted by Gasteiger charge is 2.32. The first-order valence-corrected chi connectivity index (χ1v) is 7.29. The molecule has 0 unspecified atom stereocenters. The van der Waals surface area contributed by atoms with E-state index in [0.717, 1.165) is 44.4 Å². The van der Waals surface area contributed by atoms with Gasteiger partial charge in [0, 0.05) is 13.0 Å². The van der Waals surface area contributed by atoms with Gasteiger partial charge in [-0.1, -0.05) is 13.3 Å². The zero-order chi connectivity index (χ0) is 13.4. The van der Waals surface area contributed by atoms with E-state index in [4.69, 9.17) is 5.73 Å². The van der Waals surface area contributed by atoms with E-state index in [1.807, 2.05) is 0 Å². The van der Waals surface area contributed by atoms with Crippen molar-refractivity contribution in [1.29, 1.82) is 0 Å². The number of rotatable bonds is 7. The molecule has 1 saturated carbocycles. The number of amides is 1. The van der Waals surface area contributed by atoms with Crippen LogP contribution in [0.5, 0.6) is 0 Å². The molecule has 0 heterocycles. The third-order valence-corrected chi connectivity index (χ3v) is 4.09. The van der Waals surface area contributed by atoms with Crippen LogP contribution in [0, 0.1) is 5.92 Å². The lowest BCUT2D eigenvalue weighted by Gasteiger charge is -2.35. The van der Waals surface area contributed by atoms with Crippen LogP contribution < -0.4 is 11.1 Å². The minimum atomic E-state index is -0.671. The molecule has 0 saturated heterocycles. The predicted octanol–water partition coefficient (Wildman–Crippen LogP) is 1.56. The fraction of sp³-hybridized carbons (Fsp3) is 0.929. The Balaban J connectivity index is 2.19. The lowest BCUT2D eigenvalue weighted by molar-refractivity contribution is -0.123. The fourth-order valence-corrected chi connectivity index (χ4v) is 2.58. The Morgan fingerprint density at radius 2 is 2.06 bits per heavy atom. The maximum atomic E-state index is 11.6. The van der Waals surface area contributed by atoms with Crippen molar-refractivity contribution < 1.29 is 9.90 Å². The molecule has 1 rings (SSSR count). The van der Waals surface area contributed by atoms with Gasteiger partial charge in [0.25, 0.3) is 0 Å². The van der Waals surface area contributed by atoms with Gasteiger partial charge in [0.05, 0.1) is 5.60 Å². The lowest BCUT2D eigenvalue weighted by Crippen LogP contribution is -2.45. The number of unbranched alkanes of at least 4 members (excludes halogenated alkanes) is 1. The molecule has 4 heteroatoms. The van der Waals surface area contributed by atoms with Gasteiger partial charge in [0.2, 0.25) is 5.91 Å². The van der Waals surface area contributed by atoms with Gasteiger partial charge < -0.3 is 16.2 Å². The Hall–Kier alpha value is -0.610. The minimum absolute atomic E-state index is 0.0366. The minimum Gasteiger partial charge on any atom is -0.388 e. The highest BCUT2D eigenvalue weighted by molar-refractivity contribution is 5.75. The van der Waals surface area contributed by atoms with Crippen molar-refractivity contribution in [2.24, 2.45) is 11.7 Å². The topological polar surface area (TPSA) is 75.3 Å². The zero-order valence-electron chi connectivity index (χ0n) is 11.6. The summed E-state index contributed by atoms with van der Waals surface area (Å²) < 4.78 is 0. The zero-order valence-corrected chi connectivity index (χ0v) is 11.6. The van der Waals surface area contributed by atoms with Gasteiger partial charge in [-0.3, -0.25) is 4.79 Å². The van der Waals surface area contributed by atoms with E-state index >= 15 is 0 Å². The van der Waals surface area contributed by atoms with Crippen LogP contribution in [0.1, 0.15) is 58.3 Å². The van der Waals surface area contributed by atoms with E-state index < -0.39 is 5.60 Å². The molecule has 0 bridgehead atoms. The molecule has 4 N–H and O–H groups in total. The van der Waals surface area contributed by atoms with Crippen LogP contribution in [-0.4, -0.2) is 29.7 Å². The second-order valence-electron chi connectivity index (χ2n) is 5.60. The fourth-order valence-electron chi connectivity index (χ4n) is 2.58. The number of hydrogen-bond acceptors (Lipinski definition) is 3. The molecule has 0 spiro atoms. The van der Waals surface area contributed by atoms with Gasteiger partial charge >= 0.3 is 0 Å². The van der Waals surface area contributed by atoms with Gasteiger partial charge in [-0.05, 0) is 51.0 Å². The summed E-state index contributed by atoms with van der Waals surface area (Å²) in [6, 6.07) is 0. The van der Waals surface area contributed by atoms with Crippen LogP contribution in [0.4, 0.5) is 0 Å². The first kappa shape index (κ1) is 15.4. The summed E-state index contributed by atoms with van der Waals surface area (Å²) in [6.07, 6.45) is 7.22. The summed E-state index contributed by atoms with van der Waals surface area (Å²) in [7, 11) is 0. The third-order valence-electron chi connectivity index (χ3n) is 4.09. The van der Waals surface area contributed by atoms with Crippen molar-refractivity contribution in [3.63, 3.8) is 0 Å². The normalized spacial score (nSPS) is 28.1. The monoisotopic (exact) mass is 256 g/mol. The van der Waals surface area contributed by atoms with Crippen LogP contribution in [0.25, 0.3) is 0 Å². The molecule has 1 fully saturated rings. The SMILES string of the molecule is CCC1CCC(O)(CNC(=O)CCCCN)CC1. The summed E-state index contributed by atoms with van der Waals surface area (Å²) in [4.78, 5) is 11.6. The molecular weight excluding hydrogens is 228 g/mol. The van der Waals surface area contributed by atoms with Crippen molar-refractivity contribution in [1.82, 2.24) is 5.32 Å². The van der Waals surface area contributed by atoms with Gasteiger partial charge in [-0.15, -0.1) is 0 Å². The Labute approximate surface area is 110 Å². The summed E-state index contributed by atoms with van der Waals surface area (Å²) in [5.74, 6) is 0.792. The Morgan fingerprint density at radius 1 is 1.39 bits per heavy atom. The smallest absolute Gasteiger partial charge is 0.220 e. The Morgan fingerprint density at radius 3 is 2.61 bits per heavy atom. The van der Waals surface area contributed by atoms with Crippen LogP contribution in [0.3, 0.4) is 0 Å². The molecule has 0 atom stereocenters. The maximum absolute atomic E-state index is 11.6. The number of nitrogens with two attached hydrogens (primary N) is 1. The molecule has 0 aromatic rings. The first-order chi connectivity index (χ1) is 8.59. The van der Waals surface area contributed by atoms with Crippen molar-refractivity contribution >= 4 is 5.91 Å². The van der Waals surface area contributed by atoms with E-state index in [9.17, 15) is 9.90 Å². The quantitative estimate of drug-likeness (QED) is 0.605. The summed E-state index contributed by atoms with van der Waals surface area (Å²) in [5.41, 5.74) is 4.71. The van der Waals surface area contributed by atoms with Crippen molar-refractivity contribution in [3.05, 3.63) is 0 Å². The van der Waals surface area contributed by atoms with E-state index in [-0.39, 0.29) is 5.91 Å². The summed E-state index contributed by atoms with van der Waals surface area (Å²) in [5, 5.41) is 13.2. The second-order valence-corrected chi connectivity index (χ2v) is 5.60. The standard InChI is InChI=1S/C14H28N2O2/c1-2-12-6-8-14(18,9-7-12)11-16-13(17)5-3-4-10-15/h12,18H,2-11,15H2,1H3,(H,16,17). The van der Waals surface area contributed by atoms with Gasteiger partial charge in [0.15, 0.2) is 0 Å². The maximum Gasteiger partial charge on any atom is 0.220 e. The number of aliphatic hydroxyl groups is 1.